The molecule has 1 aliphatic carbocycles. The molecular weight excluding hydrogens is 430 g/mol. The van der Waals surface area contributed by atoms with Crippen LogP contribution in [0.4, 0.5) is 0 Å². The van der Waals surface area contributed by atoms with E-state index >= 15 is 0 Å². The highest BCUT2D eigenvalue weighted by molar-refractivity contribution is 6.02. The van der Waals surface area contributed by atoms with E-state index in [0.717, 1.165) is 37.1 Å². The van der Waals surface area contributed by atoms with E-state index < -0.39 is 0 Å². The van der Waals surface area contributed by atoms with Crippen molar-refractivity contribution in [3.05, 3.63) is 89.2 Å². The molecule has 3 aromatic rings. The first-order valence-electron chi connectivity index (χ1n) is 12.6. The molecule has 4 nitrogen and oxygen atoms in total. The Bertz CT molecular complexity index is 1180. The summed E-state index contributed by atoms with van der Waals surface area (Å²) < 4.78 is 0. The number of carbonyl (C=O) groups excluding carboxylic acids is 1. The smallest absolute Gasteiger partial charge is 0.223 e. The van der Waals surface area contributed by atoms with Gasteiger partial charge in [-0.15, -0.1) is 0 Å². The Morgan fingerprint density at radius 3 is 2.60 bits per heavy atom. The van der Waals surface area contributed by atoms with Gasteiger partial charge in [0.1, 0.15) is 0 Å². The minimum atomic E-state index is 0. The minimum Gasteiger partial charge on any atom is -0.355 e. The van der Waals surface area contributed by atoms with Gasteiger partial charge < -0.3 is 5.32 Å². The zero-order valence-electron chi connectivity index (χ0n) is 20.0. The lowest BCUT2D eigenvalue weighted by Crippen LogP contribution is -2.35. The highest BCUT2D eigenvalue weighted by Crippen LogP contribution is 2.29. The molecule has 2 heterocycles. The summed E-state index contributed by atoms with van der Waals surface area (Å²) >= 11 is 0. The number of aliphatic imine (C=N–C) groups is 1. The van der Waals surface area contributed by atoms with Crippen LogP contribution in [0.3, 0.4) is 0 Å². The number of fused-ring (bicyclic) bond motifs is 1. The fourth-order valence-electron chi connectivity index (χ4n) is 5.33. The molecule has 1 aromatic heterocycles. The Kier molecular flexibility index (Phi) is 8.12. The average Bonchev–Trinajstić information content (AvgIpc) is 3.27. The summed E-state index contributed by atoms with van der Waals surface area (Å²) in [5.74, 6) is 0.616. The van der Waals surface area contributed by atoms with Crippen LogP contribution in [0.1, 0.15) is 74.6 Å². The number of pyridine rings is 1. The van der Waals surface area contributed by atoms with Crippen molar-refractivity contribution < 1.29 is 4.79 Å². The zero-order chi connectivity index (χ0) is 23.3. The number of aromatic nitrogens is 1. The largest absolute Gasteiger partial charge is 0.355 e. The summed E-state index contributed by atoms with van der Waals surface area (Å²) in [5, 5.41) is 3.28. The molecule has 4 heteroatoms. The maximum atomic E-state index is 12.8. The van der Waals surface area contributed by atoms with Gasteiger partial charge in [-0.2, -0.15) is 0 Å². The molecule has 1 fully saturated rings. The topological polar surface area (TPSA) is 54.4 Å². The van der Waals surface area contributed by atoms with Gasteiger partial charge in [0.15, 0.2) is 0 Å². The third-order valence-electron chi connectivity index (χ3n) is 7.37. The Morgan fingerprint density at radius 1 is 1.00 bits per heavy atom. The molecule has 0 saturated heterocycles. The molecule has 1 atom stereocenters. The second-order valence-electron chi connectivity index (χ2n) is 9.75. The summed E-state index contributed by atoms with van der Waals surface area (Å²) in [7, 11) is 0. The van der Waals surface area contributed by atoms with Crippen LogP contribution in [0.15, 0.2) is 72.0 Å². The van der Waals surface area contributed by atoms with Crippen LogP contribution in [-0.4, -0.2) is 23.1 Å². The molecule has 0 radical (unpaired) electrons. The van der Waals surface area contributed by atoms with E-state index in [4.69, 9.17) is 0 Å². The van der Waals surface area contributed by atoms with Gasteiger partial charge in [-0.05, 0) is 60.6 Å². The Morgan fingerprint density at radius 2 is 1.80 bits per heavy atom. The average molecular weight is 468 g/mol. The molecule has 0 bridgehead atoms. The number of nitrogens with one attached hydrogen (secondary N) is 1. The lowest BCUT2D eigenvalue weighted by Gasteiger charge is -2.23. The molecule has 1 saturated carbocycles. The van der Waals surface area contributed by atoms with Crippen LogP contribution in [-0.2, 0) is 17.8 Å². The molecule has 1 N–H and O–H groups in total. The highest BCUT2D eigenvalue weighted by atomic mass is 16.1. The lowest BCUT2D eigenvalue weighted by atomic mass is 9.88. The molecule has 2 aromatic carbocycles. The molecule has 2 aliphatic rings. The Hall–Kier alpha value is -3.27. The molecule has 182 valence electrons. The summed E-state index contributed by atoms with van der Waals surface area (Å²) in [5.41, 5.74) is 8.38. The summed E-state index contributed by atoms with van der Waals surface area (Å²) in [6.45, 7) is 3.51. The number of rotatable bonds is 7. The number of hydrogen-bond acceptors (Lipinski definition) is 3. The fraction of sp³-hybridized carbons (Fsp3) is 0.387. The van der Waals surface area contributed by atoms with Crippen molar-refractivity contribution in [2.45, 2.75) is 65.3 Å². The normalized spacial score (nSPS) is 16.1. The van der Waals surface area contributed by atoms with E-state index in [0.29, 0.717) is 6.54 Å². The van der Waals surface area contributed by atoms with E-state index in [1.165, 1.54) is 47.1 Å². The molecule has 0 unspecified atom stereocenters. The minimum absolute atomic E-state index is 0. The van der Waals surface area contributed by atoms with E-state index in [-0.39, 0.29) is 25.2 Å². The van der Waals surface area contributed by atoms with Crippen molar-refractivity contribution in [1.82, 2.24) is 10.3 Å². The van der Waals surface area contributed by atoms with Gasteiger partial charge in [0.25, 0.3) is 0 Å². The van der Waals surface area contributed by atoms with Gasteiger partial charge in [-0.25, -0.2) is 0 Å². The predicted octanol–water partition coefficient (Wildman–Crippen LogP) is 6.73. The summed E-state index contributed by atoms with van der Waals surface area (Å²) in [6.07, 6.45) is 10.4. The maximum absolute atomic E-state index is 12.8. The number of hydrogen-bond donors (Lipinski definition) is 1. The molecule has 0 spiro atoms. The third-order valence-corrected chi connectivity index (χ3v) is 7.37. The second-order valence-corrected chi connectivity index (χ2v) is 9.75. The lowest BCUT2D eigenvalue weighted by molar-refractivity contribution is -0.126. The SMILES string of the molecule is C.CC1=NCc2ccc(-c3cncc(C[C@@H](CNC(=O)C4CCCCC4)c4ccccc4)c3)cc21. The Labute approximate surface area is 209 Å². The van der Waals surface area contributed by atoms with E-state index in [2.05, 4.69) is 70.7 Å². The number of nitrogens with zero attached hydrogens (tertiary/aromatic N) is 2. The van der Waals surface area contributed by atoms with E-state index in [1.807, 2.05) is 18.5 Å². The van der Waals surface area contributed by atoms with Crippen molar-refractivity contribution in [3.8, 4) is 11.1 Å². The first-order valence-corrected chi connectivity index (χ1v) is 12.6. The van der Waals surface area contributed by atoms with Gasteiger partial charge in [0, 0.05) is 47.6 Å². The first kappa shape index (κ1) is 24.8. The van der Waals surface area contributed by atoms with Crippen LogP contribution >= 0.6 is 0 Å². The van der Waals surface area contributed by atoms with Gasteiger partial charge in [0.2, 0.25) is 5.91 Å². The van der Waals surface area contributed by atoms with Crippen molar-refractivity contribution in [2.75, 3.05) is 6.54 Å². The Balaban J connectivity index is 0.00000289. The van der Waals surface area contributed by atoms with Crippen LogP contribution in [0.25, 0.3) is 11.1 Å². The standard InChI is InChI=1S/C30H33N3O.CH4/c1-21-29-16-25(12-13-26(29)19-32-21)27-14-22(17-31-18-27)15-28(23-8-4-2-5-9-23)20-33-30(34)24-10-6-3-7-11-24;/h2,4-5,8-9,12-14,16-18,24,28H,3,6-7,10-11,15,19-20H2,1H3,(H,33,34);1H4/t28-;/m0./s1. The van der Waals surface area contributed by atoms with Crippen LogP contribution in [0, 0.1) is 5.92 Å². The molecule has 1 amide bonds. The van der Waals surface area contributed by atoms with Crippen molar-refractivity contribution >= 4 is 11.6 Å². The van der Waals surface area contributed by atoms with Crippen molar-refractivity contribution in [1.29, 1.82) is 0 Å². The fourth-order valence-corrected chi connectivity index (χ4v) is 5.33. The number of benzene rings is 2. The quantitative estimate of drug-likeness (QED) is 0.419. The monoisotopic (exact) mass is 467 g/mol. The van der Waals surface area contributed by atoms with Crippen LogP contribution in [0.2, 0.25) is 0 Å². The zero-order valence-corrected chi connectivity index (χ0v) is 20.0. The summed E-state index contributed by atoms with van der Waals surface area (Å²) in [6, 6.07) is 19.4. The number of amides is 1. The van der Waals surface area contributed by atoms with Crippen LogP contribution in [0.5, 0.6) is 0 Å². The summed E-state index contributed by atoms with van der Waals surface area (Å²) in [4.78, 5) is 21.9. The maximum Gasteiger partial charge on any atom is 0.223 e. The second kappa shape index (κ2) is 11.4. The highest BCUT2D eigenvalue weighted by Gasteiger charge is 2.22. The van der Waals surface area contributed by atoms with Gasteiger partial charge in [-0.1, -0.05) is 69.2 Å². The van der Waals surface area contributed by atoms with Gasteiger partial charge in [-0.3, -0.25) is 14.8 Å². The van der Waals surface area contributed by atoms with Gasteiger partial charge in [0.05, 0.1) is 6.54 Å². The molecule has 35 heavy (non-hydrogen) atoms. The van der Waals surface area contributed by atoms with Crippen molar-refractivity contribution in [3.63, 3.8) is 0 Å². The van der Waals surface area contributed by atoms with E-state index in [9.17, 15) is 4.79 Å². The van der Waals surface area contributed by atoms with Crippen LogP contribution < -0.4 is 5.32 Å². The number of carbonyl (C=O) groups is 1. The van der Waals surface area contributed by atoms with Gasteiger partial charge >= 0.3 is 0 Å². The van der Waals surface area contributed by atoms with E-state index in [1.54, 1.807) is 0 Å². The first-order chi connectivity index (χ1) is 16.7. The molecule has 1 aliphatic heterocycles. The third kappa shape index (κ3) is 5.87. The molecular formula is C31H37N3O. The molecule has 5 rings (SSSR count). The predicted molar refractivity (Wildman–Crippen MR) is 145 cm³/mol. The van der Waals surface area contributed by atoms with Crippen molar-refractivity contribution in [2.24, 2.45) is 10.9 Å².